The number of hydrogen-bond donors (Lipinski definition) is 0. The van der Waals surface area contributed by atoms with Gasteiger partial charge in [0.15, 0.2) is 17.5 Å². The molecule has 0 unspecified atom stereocenters. The zero-order chi connectivity index (χ0) is 23.5. The third-order valence-electron chi connectivity index (χ3n) is 4.83. The van der Waals surface area contributed by atoms with Crippen molar-refractivity contribution in [2.75, 3.05) is 0 Å². The van der Waals surface area contributed by atoms with Gasteiger partial charge in [-0.3, -0.25) is 0 Å². The van der Waals surface area contributed by atoms with Crippen molar-refractivity contribution >= 4 is 17.6 Å². The van der Waals surface area contributed by atoms with Gasteiger partial charge >= 0.3 is 29.6 Å². The Morgan fingerprint density at radius 1 is 0.882 bits per heavy atom. The number of halogens is 4. The van der Waals surface area contributed by atoms with Crippen LogP contribution in [0.15, 0.2) is 72.8 Å². The molecule has 0 aliphatic rings. The zero-order valence-electron chi connectivity index (χ0n) is 17.8. The van der Waals surface area contributed by atoms with Crippen LogP contribution in [0.5, 0.6) is 5.75 Å². The van der Waals surface area contributed by atoms with E-state index in [1.165, 1.54) is 6.07 Å². The van der Waals surface area contributed by atoms with Crippen LogP contribution in [0.3, 0.4) is 0 Å². The largest absolute Gasteiger partial charge is 1.00 e. The maximum absolute atomic E-state index is 13.6. The Hall–Kier alpha value is -2.84. The molecule has 166 valence electrons. The van der Waals surface area contributed by atoms with Gasteiger partial charge < -0.3 is 14.6 Å². The molecule has 0 spiro atoms. The first-order valence-corrected chi connectivity index (χ1v) is 10.0. The molecule has 0 aliphatic carbocycles. The number of rotatable bonds is 6. The molecular formula is C25H14ClF3NNaO3. The van der Waals surface area contributed by atoms with Crippen molar-refractivity contribution in [3.05, 3.63) is 107 Å². The molecule has 0 saturated carbocycles. The Morgan fingerprint density at radius 2 is 1.56 bits per heavy atom. The quantitative estimate of drug-likeness (QED) is 0.307. The van der Waals surface area contributed by atoms with E-state index in [1.807, 2.05) is 0 Å². The van der Waals surface area contributed by atoms with Crippen LogP contribution in [0, 0.1) is 17.5 Å². The molecule has 4 nitrogen and oxygen atoms in total. The molecule has 0 fully saturated rings. The van der Waals surface area contributed by atoms with Crippen LogP contribution in [0.25, 0.3) is 22.4 Å². The summed E-state index contributed by atoms with van der Waals surface area (Å²) < 4.78 is 46.1. The van der Waals surface area contributed by atoms with Gasteiger partial charge in [0, 0.05) is 16.1 Å². The third kappa shape index (κ3) is 5.62. The predicted molar refractivity (Wildman–Crippen MR) is 115 cm³/mol. The third-order valence-corrected chi connectivity index (χ3v) is 5.07. The summed E-state index contributed by atoms with van der Waals surface area (Å²) in [6.45, 7) is -0.233. The predicted octanol–water partition coefficient (Wildman–Crippen LogP) is 2.43. The van der Waals surface area contributed by atoms with E-state index in [4.69, 9.17) is 16.3 Å². The number of nitrogens with zero attached hydrogens (tertiary/aromatic N) is 1. The fourth-order valence-electron chi connectivity index (χ4n) is 3.33. The van der Waals surface area contributed by atoms with Crippen LogP contribution in [-0.2, 0) is 6.61 Å². The number of carboxylic acids is 1. The van der Waals surface area contributed by atoms with Crippen molar-refractivity contribution in [1.82, 2.24) is 4.98 Å². The number of hydrogen-bond acceptors (Lipinski definition) is 4. The first-order valence-electron chi connectivity index (χ1n) is 9.67. The Bertz CT molecular complexity index is 1340. The molecule has 0 N–H and O–H groups in total. The molecule has 0 saturated heterocycles. The van der Waals surface area contributed by atoms with Crippen LogP contribution in [0.2, 0.25) is 5.02 Å². The second-order valence-corrected chi connectivity index (χ2v) is 7.48. The van der Waals surface area contributed by atoms with Gasteiger partial charge in [-0.25, -0.2) is 18.2 Å². The summed E-state index contributed by atoms with van der Waals surface area (Å²) >= 11 is 6.21. The molecule has 0 bridgehead atoms. The van der Waals surface area contributed by atoms with E-state index in [2.05, 4.69) is 4.98 Å². The number of aromatic nitrogens is 1. The van der Waals surface area contributed by atoms with Crippen molar-refractivity contribution in [2.45, 2.75) is 6.61 Å². The maximum atomic E-state index is 13.6. The van der Waals surface area contributed by atoms with Gasteiger partial charge in [0.25, 0.3) is 0 Å². The second-order valence-electron chi connectivity index (χ2n) is 7.04. The van der Waals surface area contributed by atoms with E-state index < -0.39 is 23.4 Å². The van der Waals surface area contributed by atoms with Crippen molar-refractivity contribution in [3.63, 3.8) is 0 Å². The topological polar surface area (TPSA) is 62.2 Å². The Balaban J connectivity index is 0.00000324. The number of pyridine rings is 1. The number of aromatic carboxylic acids is 1. The molecule has 0 amide bonds. The van der Waals surface area contributed by atoms with Gasteiger partial charge in [-0.15, -0.1) is 0 Å². The molecule has 34 heavy (non-hydrogen) atoms. The minimum Gasteiger partial charge on any atom is -0.543 e. The fraction of sp³-hybridized carbons (Fsp3) is 0.0400. The summed E-state index contributed by atoms with van der Waals surface area (Å²) in [5.74, 6) is -5.23. The second kappa shape index (κ2) is 11.1. The first-order chi connectivity index (χ1) is 15.8. The van der Waals surface area contributed by atoms with Gasteiger partial charge in [-0.2, -0.15) is 0 Å². The molecule has 3 aromatic carbocycles. The monoisotopic (exact) mass is 491 g/mol. The van der Waals surface area contributed by atoms with E-state index >= 15 is 0 Å². The summed E-state index contributed by atoms with van der Waals surface area (Å²) in [4.78, 5) is 15.4. The number of ether oxygens (including phenoxy) is 1. The summed E-state index contributed by atoms with van der Waals surface area (Å²) in [5.41, 5.74) is 2.05. The smallest absolute Gasteiger partial charge is 0.543 e. The molecule has 0 atom stereocenters. The first kappa shape index (κ1) is 25.8. The molecule has 0 aliphatic heterocycles. The van der Waals surface area contributed by atoms with Gasteiger partial charge in [-0.05, 0) is 53.6 Å². The molecule has 9 heteroatoms. The minimum absolute atomic E-state index is 0. The summed E-state index contributed by atoms with van der Waals surface area (Å²) in [6.07, 6.45) is 0. The van der Waals surface area contributed by atoms with Crippen molar-refractivity contribution in [2.24, 2.45) is 0 Å². The summed E-state index contributed by atoms with van der Waals surface area (Å²) in [6, 6.07) is 18.1. The SMILES string of the molecule is O=C([O-])c1cccc(-c2ccccc2-c2cc(Cl)ccc2OCc2cc(F)c(F)c(F)c2)n1.[Na+]. The van der Waals surface area contributed by atoms with Gasteiger partial charge in [-0.1, -0.05) is 41.9 Å². The van der Waals surface area contributed by atoms with Crippen molar-refractivity contribution in [1.29, 1.82) is 0 Å². The Morgan fingerprint density at radius 3 is 2.24 bits per heavy atom. The van der Waals surface area contributed by atoms with E-state index in [-0.39, 0.29) is 47.4 Å². The van der Waals surface area contributed by atoms with Crippen molar-refractivity contribution in [3.8, 4) is 28.1 Å². The molecule has 1 heterocycles. The van der Waals surface area contributed by atoms with Crippen LogP contribution >= 0.6 is 11.6 Å². The Kier molecular flexibility index (Phi) is 8.38. The van der Waals surface area contributed by atoms with E-state index in [9.17, 15) is 23.1 Å². The van der Waals surface area contributed by atoms with Gasteiger partial charge in [0.2, 0.25) is 0 Å². The standard InChI is InChI=1S/C25H15ClF3NO3.Na/c26-15-8-9-23(33-13-14-10-19(27)24(29)20(28)11-14)18(12-15)16-4-1-2-5-17(16)21-6-3-7-22(30-21)25(31)32;/h1-12H,13H2,(H,31,32);/q;+1/p-1. The fourth-order valence-corrected chi connectivity index (χ4v) is 3.50. The number of carbonyl (C=O) groups is 1. The van der Waals surface area contributed by atoms with Crippen molar-refractivity contribution < 1.29 is 57.4 Å². The molecular weight excluding hydrogens is 478 g/mol. The maximum Gasteiger partial charge on any atom is 1.00 e. The van der Waals surface area contributed by atoms with E-state index in [0.717, 1.165) is 12.1 Å². The normalized spacial score (nSPS) is 10.5. The number of carbonyl (C=O) groups excluding carboxylic acids is 1. The zero-order valence-corrected chi connectivity index (χ0v) is 20.6. The molecule has 0 radical (unpaired) electrons. The summed E-state index contributed by atoms with van der Waals surface area (Å²) in [5, 5.41) is 11.6. The number of benzene rings is 3. The van der Waals surface area contributed by atoms with Crippen LogP contribution in [0.1, 0.15) is 16.1 Å². The van der Waals surface area contributed by atoms with Gasteiger partial charge in [0.05, 0.1) is 17.4 Å². The van der Waals surface area contributed by atoms with Gasteiger partial charge in [0.1, 0.15) is 12.4 Å². The van der Waals surface area contributed by atoms with E-state index in [0.29, 0.717) is 33.2 Å². The minimum atomic E-state index is -1.55. The molecule has 4 aromatic rings. The molecule has 1 aromatic heterocycles. The van der Waals surface area contributed by atoms with E-state index in [1.54, 1.807) is 54.6 Å². The summed E-state index contributed by atoms with van der Waals surface area (Å²) in [7, 11) is 0. The van der Waals surface area contributed by atoms with Crippen LogP contribution < -0.4 is 39.4 Å². The van der Waals surface area contributed by atoms with Crippen LogP contribution in [0.4, 0.5) is 13.2 Å². The number of carboxylic acid groups (broad SMARTS) is 1. The molecule has 4 rings (SSSR count). The Labute approximate surface area is 220 Å². The average Bonchev–Trinajstić information content (AvgIpc) is 2.81. The average molecular weight is 492 g/mol. The van der Waals surface area contributed by atoms with Crippen LogP contribution in [-0.4, -0.2) is 11.0 Å².